The van der Waals surface area contributed by atoms with E-state index in [1.54, 1.807) is 0 Å². The molecule has 0 atom stereocenters. The minimum absolute atomic E-state index is 0.546. The van der Waals surface area contributed by atoms with E-state index in [-0.39, 0.29) is 0 Å². The van der Waals surface area contributed by atoms with Crippen LogP contribution in [0, 0.1) is 0 Å². The maximum Gasteiger partial charge on any atom is 0.210 e. The van der Waals surface area contributed by atoms with Crippen molar-refractivity contribution in [2.75, 3.05) is 11.9 Å². The van der Waals surface area contributed by atoms with E-state index in [9.17, 15) is 0 Å². The fraction of sp³-hybridized carbons (Fsp3) is 0.462. The normalized spacial score (nSPS) is 11.7. The molecular formula is C13H22N4. The molecule has 94 valence electrons. The fourth-order valence-electron chi connectivity index (χ4n) is 1.43. The van der Waals surface area contributed by atoms with Crippen LogP contribution in [0.25, 0.3) is 0 Å². The lowest BCUT2D eigenvalue weighted by atomic mass is 10.0. The van der Waals surface area contributed by atoms with E-state index >= 15 is 0 Å². The van der Waals surface area contributed by atoms with Crippen LogP contribution in [0.2, 0.25) is 0 Å². The molecule has 0 aliphatic rings. The quantitative estimate of drug-likeness (QED) is 0.324. The highest BCUT2D eigenvalue weighted by Crippen LogP contribution is 2.16. The summed E-state index contributed by atoms with van der Waals surface area (Å²) in [4.78, 5) is 4.28. The van der Waals surface area contributed by atoms with Crippen LogP contribution in [0.4, 0.5) is 5.69 Å². The monoisotopic (exact) mass is 234 g/mol. The van der Waals surface area contributed by atoms with E-state index in [0.29, 0.717) is 11.9 Å². The molecule has 1 rings (SSSR count). The van der Waals surface area contributed by atoms with Crippen LogP contribution in [0.3, 0.4) is 0 Å². The van der Waals surface area contributed by atoms with Crippen molar-refractivity contribution in [2.45, 2.75) is 33.1 Å². The van der Waals surface area contributed by atoms with Gasteiger partial charge < -0.3 is 5.32 Å². The molecule has 0 heterocycles. The summed E-state index contributed by atoms with van der Waals surface area (Å²) in [6.07, 6.45) is 0.999. The van der Waals surface area contributed by atoms with Gasteiger partial charge >= 0.3 is 0 Å². The molecule has 17 heavy (non-hydrogen) atoms. The molecule has 0 aliphatic carbocycles. The number of rotatable bonds is 4. The summed E-state index contributed by atoms with van der Waals surface area (Å²) in [5.41, 5.74) is 4.87. The molecule has 0 spiro atoms. The minimum Gasteiger partial charge on any atom is -0.325 e. The Morgan fingerprint density at radius 2 is 1.94 bits per heavy atom. The predicted octanol–water partition coefficient (Wildman–Crippen LogP) is 2.45. The second kappa shape index (κ2) is 6.91. The lowest BCUT2D eigenvalue weighted by Gasteiger charge is -2.10. The molecule has 0 aliphatic heterocycles. The Kier molecular flexibility index (Phi) is 5.49. The topological polar surface area (TPSA) is 62.4 Å². The van der Waals surface area contributed by atoms with Crippen molar-refractivity contribution in [3.05, 3.63) is 29.8 Å². The number of aliphatic imine (C=N–C) groups is 1. The highest BCUT2D eigenvalue weighted by Gasteiger charge is 2.00. The third kappa shape index (κ3) is 4.44. The van der Waals surface area contributed by atoms with Gasteiger partial charge in [0.25, 0.3) is 0 Å². The first-order chi connectivity index (χ1) is 8.17. The molecule has 0 amide bonds. The van der Waals surface area contributed by atoms with Crippen LogP contribution in [0.15, 0.2) is 29.3 Å². The predicted molar refractivity (Wildman–Crippen MR) is 74.1 cm³/mol. The average Bonchev–Trinajstić information content (AvgIpc) is 2.35. The Hall–Kier alpha value is -1.55. The van der Waals surface area contributed by atoms with Crippen LogP contribution >= 0.6 is 0 Å². The van der Waals surface area contributed by atoms with E-state index in [1.165, 1.54) is 5.56 Å². The van der Waals surface area contributed by atoms with Gasteiger partial charge in [-0.1, -0.05) is 32.9 Å². The third-order valence-electron chi connectivity index (χ3n) is 2.47. The Morgan fingerprint density at radius 3 is 2.41 bits per heavy atom. The number of anilines is 1. The third-order valence-corrected chi connectivity index (χ3v) is 2.47. The molecule has 0 aromatic heterocycles. The number of nitrogens with zero attached hydrogens (tertiary/aromatic N) is 1. The summed E-state index contributed by atoms with van der Waals surface area (Å²) in [5.74, 6) is 6.54. The van der Waals surface area contributed by atoms with Crippen LogP contribution in [-0.2, 0) is 0 Å². The van der Waals surface area contributed by atoms with Gasteiger partial charge in [0.15, 0.2) is 0 Å². The van der Waals surface area contributed by atoms with Crippen LogP contribution in [-0.4, -0.2) is 12.5 Å². The van der Waals surface area contributed by atoms with E-state index in [4.69, 9.17) is 5.84 Å². The molecule has 0 saturated heterocycles. The summed E-state index contributed by atoms with van der Waals surface area (Å²) in [6, 6.07) is 8.30. The average molecular weight is 234 g/mol. The van der Waals surface area contributed by atoms with Crippen molar-refractivity contribution in [3.63, 3.8) is 0 Å². The maximum atomic E-state index is 5.40. The Morgan fingerprint density at radius 1 is 1.29 bits per heavy atom. The van der Waals surface area contributed by atoms with Gasteiger partial charge in [-0.15, -0.1) is 0 Å². The largest absolute Gasteiger partial charge is 0.325 e. The number of hydrogen-bond donors (Lipinski definition) is 3. The van der Waals surface area contributed by atoms with E-state index in [2.05, 4.69) is 48.6 Å². The molecule has 0 bridgehead atoms. The number of hydrogen-bond acceptors (Lipinski definition) is 2. The molecule has 4 nitrogen and oxygen atoms in total. The Bertz CT molecular complexity index is 354. The van der Waals surface area contributed by atoms with Crippen molar-refractivity contribution in [1.82, 2.24) is 5.43 Å². The first kappa shape index (κ1) is 13.5. The minimum atomic E-state index is 0.546. The molecule has 0 radical (unpaired) electrons. The maximum absolute atomic E-state index is 5.40. The van der Waals surface area contributed by atoms with Gasteiger partial charge in [0.1, 0.15) is 0 Å². The first-order valence-corrected chi connectivity index (χ1v) is 6.05. The van der Waals surface area contributed by atoms with Crippen molar-refractivity contribution < 1.29 is 0 Å². The van der Waals surface area contributed by atoms with Crippen molar-refractivity contribution in [1.29, 1.82) is 0 Å². The van der Waals surface area contributed by atoms with Crippen LogP contribution in [0.1, 0.15) is 38.7 Å². The Labute approximate surface area is 103 Å². The summed E-state index contributed by atoms with van der Waals surface area (Å²) < 4.78 is 0. The number of hydrazine groups is 1. The van der Waals surface area contributed by atoms with Crippen molar-refractivity contribution in [3.8, 4) is 0 Å². The van der Waals surface area contributed by atoms with Crippen LogP contribution in [0.5, 0.6) is 0 Å². The highest BCUT2D eigenvalue weighted by atomic mass is 15.3. The van der Waals surface area contributed by atoms with Crippen molar-refractivity contribution >= 4 is 11.6 Å². The van der Waals surface area contributed by atoms with Gasteiger partial charge in [0.05, 0.1) is 0 Å². The molecule has 0 fully saturated rings. The number of nitrogens with one attached hydrogen (secondary N) is 2. The molecule has 0 saturated carbocycles. The van der Waals surface area contributed by atoms with Gasteiger partial charge in [0.2, 0.25) is 5.96 Å². The van der Waals surface area contributed by atoms with Gasteiger partial charge in [0, 0.05) is 12.2 Å². The van der Waals surface area contributed by atoms with Crippen molar-refractivity contribution in [2.24, 2.45) is 10.8 Å². The van der Waals surface area contributed by atoms with Gasteiger partial charge in [-0.05, 0) is 30.0 Å². The molecule has 0 unspecified atom stereocenters. The van der Waals surface area contributed by atoms with Crippen LogP contribution < -0.4 is 16.6 Å². The molecule has 4 N–H and O–H groups in total. The SMILES string of the molecule is CCCN=C(NN)Nc1ccc(C(C)C)cc1. The molecule has 4 heteroatoms. The van der Waals surface area contributed by atoms with Gasteiger partial charge in [-0.25, -0.2) is 5.84 Å². The van der Waals surface area contributed by atoms with Gasteiger partial charge in [-0.2, -0.15) is 0 Å². The van der Waals surface area contributed by atoms with Gasteiger partial charge in [-0.3, -0.25) is 10.4 Å². The molecule has 1 aromatic carbocycles. The second-order valence-corrected chi connectivity index (χ2v) is 4.28. The Balaban J connectivity index is 2.67. The number of nitrogens with two attached hydrogens (primary N) is 1. The lowest BCUT2D eigenvalue weighted by molar-refractivity contribution is 0.867. The number of benzene rings is 1. The highest BCUT2D eigenvalue weighted by molar-refractivity contribution is 5.93. The molecule has 1 aromatic rings. The summed E-state index contributed by atoms with van der Waals surface area (Å²) >= 11 is 0. The molecular weight excluding hydrogens is 212 g/mol. The van der Waals surface area contributed by atoms with E-state index in [1.807, 2.05) is 12.1 Å². The van der Waals surface area contributed by atoms with E-state index < -0.39 is 0 Å². The fourth-order valence-corrected chi connectivity index (χ4v) is 1.43. The zero-order valence-corrected chi connectivity index (χ0v) is 10.8. The second-order valence-electron chi connectivity index (χ2n) is 4.28. The zero-order valence-electron chi connectivity index (χ0n) is 10.8. The standard InChI is InChI=1S/C13H22N4/c1-4-9-15-13(17-14)16-12-7-5-11(6-8-12)10(2)3/h5-8,10H,4,9,14H2,1-3H3,(H2,15,16,17). The summed E-state index contributed by atoms with van der Waals surface area (Å²) in [7, 11) is 0. The lowest BCUT2D eigenvalue weighted by Crippen LogP contribution is -2.36. The smallest absolute Gasteiger partial charge is 0.210 e. The first-order valence-electron chi connectivity index (χ1n) is 6.05. The summed E-state index contributed by atoms with van der Waals surface area (Å²) in [6.45, 7) is 7.20. The van der Waals surface area contributed by atoms with E-state index in [0.717, 1.165) is 18.7 Å². The zero-order chi connectivity index (χ0) is 12.7. The summed E-state index contributed by atoms with van der Waals surface area (Å²) in [5, 5.41) is 3.14. The number of guanidine groups is 1.